The third kappa shape index (κ3) is 12.7. The second-order valence-electron chi connectivity index (χ2n) is 16.3. The van der Waals surface area contributed by atoms with E-state index in [4.69, 9.17) is 4.42 Å². The largest absolute Gasteiger partial charge is 0.416 e. The summed E-state index contributed by atoms with van der Waals surface area (Å²) in [7, 11) is 0. The molecule has 400 valence electrons. The quantitative estimate of drug-likeness (QED) is 0.0690. The predicted octanol–water partition coefficient (Wildman–Crippen LogP) is 13.8. The molecule has 7 rings (SSSR count). The number of benzene rings is 6. The van der Waals surface area contributed by atoms with Crippen molar-refractivity contribution >= 4 is 44.9 Å². The van der Waals surface area contributed by atoms with Crippen LogP contribution >= 0.6 is 0 Å². The van der Waals surface area contributed by atoms with Crippen molar-refractivity contribution in [1.82, 2.24) is 0 Å². The summed E-state index contributed by atoms with van der Waals surface area (Å²) in [5.41, 5.74) is -27.8. The topological polar surface area (TPSA) is 34.1 Å². The molecule has 0 fully saturated rings. The molecular formula is C47H24BF24NO2. The maximum absolute atomic E-state index is 14.2. The van der Waals surface area contributed by atoms with Gasteiger partial charge < -0.3 is 4.42 Å². The Balaban J connectivity index is 0.000000421. The fourth-order valence-corrected chi connectivity index (χ4v) is 8.03. The molecule has 0 spiro atoms. The Bertz CT molecular complexity index is 2770. The van der Waals surface area contributed by atoms with E-state index in [1.165, 1.54) is 0 Å². The number of Topliss-reactive ketones (excluding diaryl/α,β-unsaturated/α-hetero) is 1. The van der Waals surface area contributed by atoms with E-state index in [2.05, 4.69) is 0 Å². The van der Waals surface area contributed by atoms with E-state index < -0.39 is 195 Å². The van der Waals surface area contributed by atoms with E-state index in [0.29, 0.717) is 6.54 Å². The lowest BCUT2D eigenvalue weighted by Gasteiger charge is -2.46. The van der Waals surface area contributed by atoms with Gasteiger partial charge in [0.2, 0.25) is 17.9 Å². The first-order valence-electron chi connectivity index (χ1n) is 20.4. The number of para-hydroxylation sites is 2. The van der Waals surface area contributed by atoms with Crippen molar-refractivity contribution in [2.75, 3.05) is 0 Å². The molecule has 0 aliphatic carbocycles. The van der Waals surface area contributed by atoms with Gasteiger partial charge in [-0.05, 0) is 30.3 Å². The summed E-state index contributed by atoms with van der Waals surface area (Å²) >= 11 is 0. The van der Waals surface area contributed by atoms with Gasteiger partial charge in [-0.15, -0.1) is 0 Å². The summed E-state index contributed by atoms with van der Waals surface area (Å²) in [6, 6.07) is 8.14. The van der Waals surface area contributed by atoms with Crippen LogP contribution in [0.4, 0.5) is 105 Å². The van der Waals surface area contributed by atoms with Gasteiger partial charge in [0.25, 0.3) is 5.52 Å². The first-order valence-corrected chi connectivity index (χ1v) is 20.4. The number of ketones is 1. The molecule has 0 unspecified atom stereocenters. The molecule has 0 atom stereocenters. The minimum atomic E-state index is -6.13. The molecule has 6 aromatic carbocycles. The van der Waals surface area contributed by atoms with Gasteiger partial charge in [-0.1, -0.05) is 91.0 Å². The fourth-order valence-electron chi connectivity index (χ4n) is 8.03. The molecule has 0 saturated carbocycles. The van der Waals surface area contributed by atoms with Gasteiger partial charge in [-0.2, -0.15) is 132 Å². The predicted molar refractivity (Wildman–Crippen MR) is 217 cm³/mol. The number of nitrogens with zero attached hydrogens (tertiary/aromatic N) is 1. The number of fused-ring (bicyclic) bond motifs is 1. The first-order chi connectivity index (χ1) is 34.1. The Hall–Kier alpha value is -7.16. The highest BCUT2D eigenvalue weighted by molar-refractivity contribution is 7.20. The summed E-state index contributed by atoms with van der Waals surface area (Å²) in [4.78, 5) is 12.1. The Kier molecular flexibility index (Phi) is 14.9. The van der Waals surface area contributed by atoms with Crippen LogP contribution in [0.15, 0.2) is 138 Å². The second kappa shape index (κ2) is 19.5. The average Bonchev–Trinajstić information content (AvgIpc) is 3.69. The zero-order valence-electron chi connectivity index (χ0n) is 36.3. The lowest BCUT2D eigenvalue weighted by molar-refractivity contribution is -0.662. The van der Waals surface area contributed by atoms with Crippen molar-refractivity contribution in [3.8, 4) is 0 Å². The number of aromatic nitrogens is 1. The van der Waals surface area contributed by atoms with Crippen molar-refractivity contribution in [3.63, 3.8) is 0 Å². The molecule has 3 nitrogen and oxygen atoms in total. The standard InChI is InChI=1S/C32H12BF24.C15H12NO2/c34-25(35,36)13-1-14(26(37,38)39)6-21(5-13)33(22-7-15(27(40,41)42)2-16(8-22)28(43,44)45,23-9-17(29(46,47)48)3-18(10-23)30(49,50)51)24-11-19(31(52,53)54)4-20(12-24)32(55,56)57;17-14(12-6-2-1-3-7-12)10-16-11-18-15-9-5-4-8-13(15)16/h1-12H;1-9,11H,10H2/q-1;+1. The SMILES string of the molecule is FC(F)(F)c1cc([B-](c2cc(C(F)(F)F)cc(C(F)(F)F)c2)(c2cc(C(F)(F)F)cc(C(F)(F)F)c2)c2cc(C(F)(F)F)cc(C(F)(F)F)c2)cc(C(F)(F)F)c1.O=C(C[n+]1coc2ccccc21)c1ccccc1. The monoisotopic (exact) mass is 1100 g/mol. The van der Waals surface area contributed by atoms with Gasteiger partial charge in [0.15, 0.2) is 0 Å². The minimum Gasteiger partial charge on any atom is -0.404 e. The normalized spacial score (nSPS) is 13.4. The van der Waals surface area contributed by atoms with Crippen molar-refractivity contribution in [2.24, 2.45) is 0 Å². The third-order valence-corrected chi connectivity index (χ3v) is 11.3. The van der Waals surface area contributed by atoms with Crippen LogP contribution in [-0.4, -0.2) is 11.9 Å². The molecule has 1 aromatic heterocycles. The zero-order chi connectivity index (χ0) is 56.3. The van der Waals surface area contributed by atoms with Crippen molar-refractivity contribution in [3.05, 3.63) is 184 Å². The van der Waals surface area contributed by atoms with Crippen LogP contribution in [0.5, 0.6) is 0 Å². The van der Waals surface area contributed by atoms with E-state index >= 15 is 0 Å². The summed E-state index contributed by atoms with van der Waals surface area (Å²) in [5, 5.41) is 0. The first kappa shape index (κ1) is 57.1. The number of rotatable bonds is 7. The summed E-state index contributed by atoms with van der Waals surface area (Å²) in [6.45, 7) is 0.293. The van der Waals surface area contributed by atoms with Crippen molar-refractivity contribution < 1.29 is 119 Å². The van der Waals surface area contributed by atoms with E-state index in [1.54, 1.807) is 6.39 Å². The van der Waals surface area contributed by atoms with Crippen LogP contribution in [0.25, 0.3) is 11.1 Å². The lowest BCUT2D eigenvalue weighted by atomic mass is 9.12. The molecule has 0 radical (unpaired) electrons. The summed E-state index contributed by atoms with van der Waals surface area (Å²) in [6.07, 6.45) is -53.2. The number of hydrogen-bond donors (Lipinski definition) is 0. The minimum absolute atomic E-state index is 0.0761. The van der Waals surface area contributed by atoms with Gasteiger partial charge in [-0.3, -0.25) is 4.79 Å². The Labute approximate surface area is 403 Å². The molecule has 0 aliphatic rings. The van der Waals surface area contributed by atoms with Crippen molar-refractivity contribution in [2.45, 2.75) is 56.0 Å². The van der Waals surface area contributed by atoms with Crippen LogP contribution in [0.2, 0.25) is 0 Å². The Morgan fingerprint density at radius 2 is 0.613 bits per heavy atom. The molecule has 28 heteroatoms. The van der Waals surface area contributed by atoms with Gasteiger partial charge >= 0.3 is 55.8 Å². The van der Waals surface area contributed by atoms with Gasteiger partial charge in [-0.25, -0.2) is 0 Å². The molecule has 0 N–H and O–H groups in total. The number of carbonyl (C=O) groups is 1. The molecule has 0 aliphatic heterocycles. The maximum atomic E-state index is 14.2. The van der Waals surface area contributed by atoms with E-state index in [0.717, 1.165) is 16.7 Å². The maximum Gasteiger partial charge on any atom is 0.416 e. The molecule has 0 bridgehead atoms. The summed E-state index contributed by atoms with van der Waals surface area (Å²) in [5.74, 6) is 0.0761. The third-order valence-electron chi connectivity index (χ3n) is 11.3. The number of oxazole rings is 1. The van der Waals surface area contributed by atoms with Gasteiger partial charge in [0.1, 0.15) is 6.15 Å². The molecule has 0 saturated heterocycles. The molecule has 75 heavy (non-hydrogen) atoms. The molecular weight excluding hydrogens is 1080 g/mol. The van der Waals surface area contributed by atoms with Crippen LogP contribution in [0, 0.1) is 0 Å². The molecule has 1 heterocycles. The Morgan fingerprint density at radius 3 is 0.880 bits per heavy atom. The highest BCUT2D eigenvalue weighted by atomic mass is 19.4. The van der Waals surface area contributed by atoms with E-state index in [-0.39, 0.29) is 5.78 Å². The number of halogens is 24. The lowest BCUT2D eigenvalue weighted by Crippen LogP contribution is -2.75. The number of hydrogen-bond acceptors (Lipinski definition) is 2. The van der Waals surface area contributed by atoms with E-state index in [1.807, 2.05) is 59.2 Å². The van der Waals surface area contributed by atoms with Crippen molar-refractivity contribution in [1.29, 1.82) is 0 Å². The number of carbonyl (C=O) groups excluding carboxylic acids is 1. The van der Waals surface area contributed by atoms with Gasteiger partial charge in [0.05, 0.1) is 44.5 Å². The summed E-state index contributed by atoms with van der Waals surface area (Å²) < 4.78 is 348. The molecule has 0 amide bonds. The Morgan fingerprint density at radius 1 is 0.360 bits per heavy atom. The molecule has 7 aromatic rings. The average molecular weight is 1100 g/mol. The highest BCUT2D eigenvalue weighted by Crippen LogP contribution is 2.41. The number of alkyl halides is 24. The fraction of sp³-hybridized carbons (Fsp3) is 0.191. The smallest absolute Gasteiger partial charge is 0.404 e. The zero-order valence-corrected chi connectivity index (χ0v) is 36.3. The van der Waals surface area contributed by atoms with Crippen LogP contribution in [0.3, 0.4) is 0 Å². The van der Waals surface area contributed by atoms with E-state index in [9.17, 15) is 110 Å². The second-order valence-corrected chi connectivity index (χ2v) is 16.3. The highest BCUT2D eigenvalue weighted by Gasteiger charge is 2.47. The van der Waals surface area contributed by atoms with Crippen LogP contribution in [0.1, 0.15) is 54.9 Å². The van der Waals surface area contributed by atoms with Gasteiger partial charge in [0, 0.05) is 11.6 Å². The van der Waals surface area contributed by atoms with Crippen LogP contribution in [-0.2, 0) is 56.0 Å². The van der Waals surface area contributed by atoms with Crippen LogP contribution < -0.4 is 26.4 Å².